The van der Waals surface area contributed by atoms with Crippen molar-refractivity contribution in [2.75, 3.05) is 0 Å². The van der Waals surface area contributed by atoms with Gasteiger partial charge in [-0.3, -0.25) is 0 Å². The second-order valence-corrected chi connectivity index (χ2v) is 5.01. The lowest BCUT2D eigenvalue weighted by atomic mass is 10.00. The highest BCUT2D eigenvalue weighted by molar-refractivity contribution is 5.69. The van der Waals surface area contributed by atoms with Gasteiger partial charge in [-0.25, -0.2) is 0 Å². The minimum Gasteiger partial charge on any atom is -0.321 e. The first-order chi connectivity index (χ1) is 8.65. The largest absolute Gasteiger partial charge is 0.321 e. The molecule has 2 aromatic heterocycles. The van der Waals surface area contributed by atoms with Gasteiger partial charge >= 0.3 is 0 Å². The normalized spacial score (nSPS) is 11.1. The first-order valence-corrected chi connectivity index (χ1v) is 6.30. The molecule has 0 radical (unpaired) electrons. The molecule has 2 heterocycles. The van der Waals surface area contributed by atoms with E-state index in [4.69, 9.17) is 0 Å². The number of hydrogen-bond acceptors (Lipinski definition) is 0. The van der Waals surface area contributed by atoms with Crippen LogP contribution in [0.5, 0.6) is 0 Å². The minimum absolute atomic E-state index is 1.25. The Bertz CT molecular complexity index is 720. The van der Waals surface area contributed by atoms with Crippen LogP contribution in [0.25, 0.3) is 16.6 Å². The van der Waals surface area contributed by atoms with E-state index in [0.717, 1.165) is 0 Å². The third-order valence-corrected chi connectivity index (χ3v) is 3.55. The molecule has 0 aliphatic rings. The van der Waals surface area contributed by atoms with Gasteiger partial charge in [0.2, 0.25) is 0 Å². The smallest absolute Gasteiger partial charge is 0.0453 e. The predicted octanol–water partition coefficient (Wildman–Crippen LogP) is 4.53. The van der Waals surface area contributed by atoms with Crippen LogP contribution in [0.3, 0.4) is 0 Å². The summed E-state index contributed by atoms with van der Waals surface area (Å²) >= 11 is 0. The zero-order chi connectivity index (χ0) is 12.7. The van der Waals surface area contributed by atoms with E-state index in [0.29, 0.717) is 0 Å². The number of rotatable bonds is 1. The topological polar surface area (TPSA) is 4.41 Å². The molecule has 18 heavy (non-hydrogen) atoms. The van der Waals surface area contributed by atoms with Crippen molar-refractivity contribution in [1.29, 1.82) is 0 Å². The second-order valence-electron chi connectivity index (χ2n) is 5.01. The molecular formula is C17H17N. The molecule has 1 aromatic carbocycles. The van der Waals surface area contributed by atoms with Gasteiger partial charge in [0.1, 0.15) is 0 Å². The molecule has 0 fully saturated rings. The van der Waals surface area contributed by atoms with E-state index in [1.807, 2.05) is 0 Å². The van der Waals surface area contributed by atoms with Gasteiger partial charge in [-0.2, -0.15) is 0 Å². The number of aromatic nitrogens is 1. The van der Waals surface area contributed by atoms with Crippen molar-refractivity contribution >= 4 is 5.52 Å². The molecule has 0 aliphatic carbocycles. The van der Waals surface area contributed by atoms with Crippen molar-refractivity contribution in [3.05, 3.63) is 65.5 Å². The molecule has 0 amide bonds. The van der Waals surface area contributed by atoms with Crippen LogP contribution in [0, 0.1) is 20.8 Å². The number of benzene rings is 1. The summed E-state index contributed by atoms with van der Waals surface area (Å²) < 4.78 is 2.24. The summed E-state index contributed by atoms with van der Waals surface area (Å²) in [6, 6.07) is 15.3. The van der Waals surface area contributed by atoms with Crippen molar-refractivity contribution < 1.29 is 0 Å². The molecular weight excluding hydrogens is 218 g/mol. The highest BCUT2D eigenvalue weighted by Gasteiger charge is 2.04. The average molecular weight is 235 g/mol. The molecule has 0 bridgehead atoms. The van der Waals surface area contributed by atoms with Gasteiger partial charge < -0.3 is 4.40 Å². The Morgan fingerprint density at radius 3 is 2.39 bits per heavy atom. The highest BCUT2D eigenvalue weighted by atomic mass is 14.9. The van der Waals surface area contributed by atoms with E-state index in [1.165, 1.54) is 33.5 Å². The maximum absolute atomic E-state index is 2.24. The van der Waals surface area contributed by atoms with Crippen LogP contribution in [0.1, 0.15) is 16.8 Å². The van der Waals surface area contributed by atoms with Crippen molar-refractivity contribution in [2.45, 2.75) is 20.8 Å². The van der Waals surface area contributed by atoms with Gasteiger partial charge in [-0.15, -0.1) is 0 Å². The van der Waals surface area contributed by atoms with Crippen LogP contribution < -0.4 is 0 Å². The summed E-state index contributed by atoms with van der Waals surface area (Å²) in [5.74, 6) is 0. The van der Waals surface area contributed by atoms with Crippen molar-refractivity contribution in [3.8, 4) is 11.1 Å². The van der Waals surface area contributed by atoms with Gasteiger partial charge in [-0.05, 0) is 55.7 Å². The number of aryl methyl sites for hydroxylation is 3. The van der Waals surface area contributed by atoms with E-state index in [-0.39, 0.29) is 0 Å². The summed E-state index contributed by atoms with van der Waals surface area (Å²) in [5, 5.41) is 0. The summed E-state index contributed by atoms with van der Waals surface area (Å²) in [4.78, 5) is 0. The molecule has 3 aromatic rings. The second kappa shape index (κ2) is 4.02. The highest BCUT2D eigenvalue weighted by Crippen LogP contribution is 2.25. The number of nitrogens with zero attached hydrogens (tertiary/aromatic N) is 1. The zero-order valence-corrected chi connectivity index (χ0v) is 11.1. The lowest BCUT2D eigenvalue weighted by Crippen LogP contribution is -1.90. The van der Waals surface area contributed by atoms with Gasteiger partial charge in [0.25, 0.3) is 0 Å². The summed E-state index contributed by atoms with van der Waals surface area (Å²) in [5.41, 5.74) is 7.76. The lowest BCUT2D eigenvalue weighted by Gasteiger charge is -2.08. The van der Waals surface area contributed by atoms with E-state index in [2.05, 4.69) is 73.8 Å². The standard InChI is InChI=1S/C17H17N/c1-12-4-9-17(13(2)10-12)15-6-8-16-7-5-14(3)18(16)11-15/h4-11H,1-3H3. The van der Waals surface area contributed by atoms with Crippen molar-refractivity contribution in [2.24, 2.45) is 0 Å². The zero-order valence-electron chi connectivity index (χ0n) is 11.1. The summed E-state index contributed by atoms with van der Waals surface area (Å²) in [6.07, 6.45) is 2.22. The Morgan fingerprint density at radius 1 is 0.833 bits per heavy atom. The van der Waals surface area contributed by atoms with Gasteiger partial charge in [-0.1, -0.05) is 29.8 Å². The van der Waals surface area contributed by atoms with Crippen molar-refractivity contribution in [3.63, 3.8) is 0 Å². The Kier molecular flexibility index (Phi) is 2.48. The Hall–Kier alpha value is -2.02. The fourth-order valence-electron chi connectivity index (χ4n) is 2.54. The lowest BCUT2D eigenvalue weighted by molar-refractivity contribution is 1.11. The monoisotopic (exact) mass is 235 g/mol. The first kappa shape index (κ1) is 11.1. The number of fused-ring (bicyclic) bond motifs is 1. The molecule has 0 atom stereocenters. The molecule has 1 heteroatoms. The maximum Gasteiger partial charge on any atom is 0.0453 e. The van der Waals surface area contributed by atoms with Crippen molar-refractivity contribution in [1.82, 2.24) is 4.40 Å². The summed E-state index contributed by atoms with van der Waals surface area (Å²) in [6.45, 7) is 6.45. The maximum atomic E-state index is 2.24. The number of pyridine rings is 1. The van der Waals surface area contributed by atoms with Gasteiger partial charge in [0.05, 0.1) is 0 Å². The van der Waals surface area contributed by atoms with E-state index >= 15 is 0 Å². The molecule has 0 saturated carbocycles. The SMILES string of the molecule is Cc1ccc(-c2ccc3ccc(C)n3c2)c(C)c1. The fraction of sp³-hybridized carbons (Fsp3) is 0.176. The summed E-state index contributed by atoms with van der Waals surface area (Å²) in [7, 11) is 0. The molecule has 0 unspecified atom stereocenters. The van der Waals surface area contributed by atoms with Crippen LogP contribution in [0.2, 0.25) is 0 Å². The molecule has 0 aliphatic heterocycles. The average Bonchev–Trinajstić information content (AvgIpc) is 2.71. The van der Waals surface area contributed by atoms with Crippen LogP contribution in [0.4, 0.5) is 0 Å². The number of hydrogen-bond donors (Lipinski definition) is 0. The quantitative estimate of drug-likeness (QED) is 0.583. The Labute approximate surface area is 108 Å². The minimum atomic E-state index is 1.25. The van der Waals surface area contributed by atoms with Crippen LogP contribution in [0.15, 0.2) is 48.7 Å². The van der Waals surface area contributed by atoms with E-state index in [1.54, 1.807) is 0 Å². The van der Waals surface area contributed by atoms with Gasteiger partial charge in [0.15, 0.2) is 0 Å². The molecule has 0 saturated heterocycles. The third kappa shape index (κ3) is 1.72. The third-order valence-electron chi connectivity index (χ3n) is 3.55. The van der Waals surface area contributed by atoms with E-state index in [9.17, 15) is 0 Å². The molecule has 0 N–H and O–H groups in total. The van der Waals surface area contributed by atoms with Crippen LogP contribution in [-0.2, 0) is 0 Å². The molecule has 90 valence electrons. The molecule has 1 nitrogen and oxygen atoms in total. The van der Waals surface area contributed by atoms with E-state index < -0.39 is 0 Å². The Morgan fingerprint density at radius 2 is 1.61 bits per heavy atom. The van der Waals surface area contributed by atoms with Crippen LogP contribution in [-0.4, -0.2) is 4.40 Å². The van der Waals surface area contributed by atoms with Gasteiger partial charge in [0, 0.05) is 17.4 Å². The molecule has 3 rings (SSSR count). The fourth-order valence-corrected chi connectivity index (χ4v) is 2.54. The first-order valence-electron chi connectivity index (χ1n) is 6.30. The predicted molar refractivity (Wildman–Crippen MR) is 77.0 cm³/mol. The molecule has 0 spiro atoms. The van der Waals surface area contributed by atoms with Crippen LogP contribution >= 0.6 is 0 Å². The Balaban J connectivity index is 2.21.